The van der Waals surface area contributed by atoms with Crippen LogP contribution in [-0.4, -0.2) is 17.6 Å². The third-order valence-electron chi connectivity index (χ3n) is 2.61. The fourth-order valence-electron chi connectivity index (χ4n) is 1.61. The van der Waals surface area contributed by atoms with E-state index in [-0.39, 0.29) is 11.7 Å². The van der Waals surface area contributed by atoms with Crippen LogP contribution >= 0.6 is 0 Å². The van der Waals surface area contributed by atoms with Crippen LogP contribution in [-0.2, 0) is 12.6 Å². The third kappa shape index (κ3) is 4.25. The number of nitrogens with zero attached hydrogens (tertiary/aromatic N) is 1. The van der Waals surface area contributed by atoms with Crippen molar-refractivity contribution in [3.63, 3.8) is 0 Å². The predicted molar refractivity (Wildman–Crippen MR) is 60.7 cm³/mol. The Kier molecular flexibility index (Phi) is 5.07. The summed E-state index contributed by atoms with van der Waals surface area (Å²) < 4.78 is 50.3. The van der Waals surface area contributed by atoms with Crippen LogP contribution in [0, 0.1) is 5.82 Å². The molecule has 1 heterocycles. The lowest BCUT2D eigenvalue weighted by Gasteiger charge is -2.12. The second kappa shape index (κ2) is 6.13. The molecule has 0 aliphatic carbocycles. The molecule has 0 fully saturated rings. The van der Waals surface area contributed by atoms with Crippen molar-refractivity contribution in [2.24, 2.45) is 0 Å². The van der Waals surface area contributed by atoms with E-state index in [1.54, 1.807) is 0 Å². The molecule has 18 heavy (non-hydrogen) atoms. The highest BCUT2D eigenvalue weighted by molar-refractivity contribution is 5.19. The van der Waals surface area contributed by atoms with Gasteiger partial charge in [-0.15, -0.1) is 0 Å². The molecule has 0 bridgehead atoms. The summed E-state index contributed by atoms with van der Waals surface area (Å²) in [5.74, 6) is -0.895. The van der Waals surface area contributed by atoms with Crippen molar-refractivity contribution in [1.29, 1.82) is 0 Å². The zero-order valence-electron chi connectivity index (χ0n) is 10.3. The van der Waals surface area contributed by atoms with Gasteiger partial charge in [-0.1, -0.05) is 6.92 Å². The lowest BCUT2D eigenvalue weighted by atomic mass is 10.1. The van der Waals surface area contributed by atoms with Gasteiger partial charge in [-0.25, -0.2) is 4.39 Å². The van der Waals surface area contributed by atoms with Crippen molar-refractivity contribution in [2.45, 2.75) is 38.9 Å². The minimum Gasteiger partial charge on any atom is -0.315 e. The normalized spacial score (nSPS) is 13.7. The van der Waals surface area contributed by atoms with E-state index < -0.39 is 17.6 Å². The first-order valence-electron chi connectivity index (χ1n) is 5.79. The molecular weight excluding hydrogens is 248 g/mol. The maximum absolute atomic E-state index is 13.4. The van der Waals surface area contributed by atoms with E-state index in [0.29, 0.717) is 25.1 Å². The number of aryl methyl sites for hydroxylation is 1. The zero-order valence-corrected chi connectivity index (χ0v) is 10.3. The van der Waals surface area contributed by atoms with E-state index >= 15 is 0 Å². The highest BCUT2D eigenvalue weighted by atomic mass is 19.4. The van der Waals surface area contributed by atoms with Gasteiger partial charge in [0, 0.05) is 12.2 Å². The Morgan fingerprint density at radius 2 is 2.06 bits per heavy atom. The molecule has 0 aromatic carbocycles. The van der Waals surface area contributed by atoms with E-state index in [1.165, 1.54) is 0 Å². The summed E-state index contributed by atoms with van der Waals surface area (Å²) in [7, 11) is 0. The SMILES string of the molecule is CCNC(C)CCc1ncc(C(F)(F)F)cc1F. The van der Waals surface area contributed by atoms with Crippen molar-refractivity contribution >= 4 is 0 Å². The standard InChI is InChI=1S/C12H16F4N2/c1-3-17-8(2)4-5-11-10(13)6-9(7-18-11)12(14,15)16/h6-8,17H,3-5H2,1-2H3. The molecule has 0 radical (unpaired) electrons. The van der Waals surface area contributed by atoms with Crippen LogP contribution in [0.5, 0.6) is 0 Å². The molecule has 0 amide bonds. The van der Waals surface area contributed by atoms with Crippen LogP contribution in [0.3, 0.4) is 0 Å². The Hall–Kier alpha value is -1.17. The van der Waals surface area contributed by atoms with Crippen molar-refractivity contribution in [2.75, 3.05) is 6.54 Å². The summed E-state index contributed by atoms with van der Waals surface area (Å²) in [6, 6.07) is 0.679. The maximum Gasteiger partial charge on any atom is 0.417 e. The molecule has 102 valence electrons. The summed E-state index contributed by atoms with van der Waals surface area (Å²) in [4.78, 5) is 3.55. The second-order valence-corrected chi connectivity index (χ2v) is 4.15. The first kappa shape index (κ1) is 14.9. The van der Waals surface area contributed by atoms with Crippen molar-refractivity contribution in [3.8, 4) is 0 Å². The van der Waals surface area contributed by atoms with Crippen LogP contribution in [0.15, 0.2) is 12.3 Å². The quantitative estimate of drug-likeness (QED) is 0.826. The summed E-state index contributed by atoms with van der Waals surface area (Å²) in [6.45, 7) is 4.68. The molecule has 1 aromatic rings. The fourth-order valence-corrected chi connectivity index (χ4v) is 1.61. The van der Waals surface area contributed by atoms with Crippen molar-refractivity contribution in [3.05, 3.63) is 29.3 Å². The minimum absolute atomic E-state index is 0.0766. The van der Waals surface area contributed by atoms with Crippen LogP contribution in [0.1, 0.15) is 31.5 Å². The molecule has 6 heteroatoms. The maximum atomic E-state index is 13.4. The minimum atomic E-state index is -4.55. The summed E-state index contributed by atoms with van der Waals surface area (Å²) in [5, 5.41) is 3.14. The first-order valence-corrected chi connectivity index (χ1v) is 5.79. The summed E-state index contributed by atoms with van der Waals surface area (Å²) >= 11 is 0. The summed E-state index contributed by atoms with van der Waals surface area (Å²) in [5.41, 5.74) is -0.976. The average Bonchev–Trinajstić information content (AvgIpc) is 2.26. The molecule has 0 saturated carbocycles. The van der Waals surface area contributed by atoms with Crippen LogP contribution in [0.25, 0.3) is 0 Å². The van der Waals surface area contributed by atoms with Crippen LogP contribution < -0.4 is 5.32 Å². The van der Waals surface area contributed by atoms with Gasteiger partial charge < -0.3 is 5.32 Å². The van der Waals surface area contributed by atoms with Gasteiger partial charge in [-0.2, -0.15) is 13.2 Å². The number of halogens is 4. The Balaban J connectivity index is 2.69. The van der Waals surface area contributed by atoms with Gasteiger partial charge in [0.1, 0.15) is 5.82 Å². The molecule has 1 atom stereocenters. The molecule has 0 aliphatic rings. The third-order valence-corrected chi connectivity index (χ3v) is 2.61. The first-order chi connectivity index (χ1) is 8.34. The molecule has 2 nitrogen and oxygen atoms in total. The fraction of sp³-hybridized carbons (Fsp3) is 0.583. The zero-order chi connectivity index (χ0) is 13.8. The van der Waals surface area contributed by atoms with Crippen molar-refractivity contribution < 1.29 is 17.6 Å². The van der Waals surface area contributed by atoms with E-state index in [2.05, 4.69) is 10.3 Å². The van der Waals surface area contributed by atoms with Gasteiger partial charge in [-0.05, 0) is 32.4 Å². The van der Waals surface area contributed by atoms with Crippen molar-refractivity contribution in [1.82, 2.24) is 10.3 Å². The molecule has 0 aliphatic heterocycles. The van der Waals surface area contributed by atoms with Crippen LogP contribution in [0.2, 0.25) is 0 Å². The highest BCUT2D eigenvalue weighted by Crippen LogP contribution is 2.29. The number of hydrogen-bond acceptors (Lipinski definition) is 2. The van der Waals surface area contributed by atoms with Gasteiger partial charge >= 0.3 is 6.18 Å². The molecule has 1 rings (SSSR count). The molecule has 0 spiro atoms. The topological polar surface area (TPSA) is 24.9 Å². The molecule has 0 saturated heterocycles. The summed E-state index contributed by atoms with van der Waals surface area (Å²) in [6.07, 6.45) is -2.93. The Bertz CT molecular complexity index is 390. The van der Waals surface area contributed by atoms with Gasteiger partial charge in [0.2, 0.25) is 0 Å². The monoisotopic (exact) mass is 264 g/mol. The number of aromatic nitrogens is 1. The van der Waals surface area contributed by atoms with Gasteiger partial charge in [0.25, 0.3) is 0 Å². The van der Waals surface area contributed by atoms with E-state index in [4.69, 9.17) is 0 Å². The molecular formula is C12H16F4N2. The number of rotatable bonds is 5. The lowest BCUT2D eigenvalue weighted by Crippen LogP contribution is -2.26. The Morgan fingerprint density at radius 3 is 2.56 bits per heavy atom. The van der Waals surface area contributed by atoms with E-state index in [1.807, 2.05) is 13.8 Å². The van der Waals surface area contributed by atoms with E-state index in [0.717, 1.165) is 6.54 Å². The van der Waals surface area contributed by atoms with Gasteiger partial charge in [0.15, 0.2) is 0 Å². The number of alkyl halides is 3. The second-order valence-electron chi connectivity index (χ2n) is 4.15. The number of nitrogens with one attached hydrogen (secondary N) is 1. The van der Waals surface area contributed by atoms with Gasteiger partial charge in [-0.3, -0.25) is 4.98 Å². The number of hydrogen-bond donors (Lipinski definition) is 1. The molecule has 1 aromatic heterocycles. The number of pyridine rings is 1. The smallest absolute Gasteiger partial charge is 0.315 e. The average molecular weight is 264 g/mol. The van der Waals surface area contributed by atoms with E-state index in [9.17, 15) is 17.6 Å². The molecule has 1 unspecified atom stereocenters. The molecule has 1 N–H and O–H groups in total. The van der Waals surface area contributed by atoms with Gasteiger partial charge in [0.05, 0.1) is 11.3 Å². The lowest BCUT2D eigenvalue weighted by molar-refractivity contribution is -0.138. The largest absolute Gasteiger partial charge is 0.417 e. The Morgan fingerprint density at radius 1 is 1.39 bits per heavy atom. The highest BCUT2D eigenvalue weighted by Gasteiger charge is 2.31. The Labute approximate surface area is 103 Å². The van der Waals surface area contributed by atoms with Crippen LogP contribution in [0.4, 0.5) is 17.6 Å². The predicted octanol–water partition coefficient (Wildman–Crippen LogP) is 3.17.